The number of benzene rings is 1. The van der Waals surface area contributed by atoms with Gasteiger partial charge in [0.15, 0.2) is 11.5 Å². The third kappa shape index (κ3) is 9.95. The summed E-state index contributed by atoms with van der Waals surface area (Å²) in [5, 5.41) is 12.2. The molecule has 8 nitrogen and oxygen atoms in total. The Labute approximate surface area is 272 Å². The van der Waals surface area contributed by atoms with Crippen molar-refractivity contribution in [2.45, 2.75) is 25.8 Å². The molecule has 0 amide bonds. The Morgan fingerprint density at radius 1 is 0.844 bits per heavy atom. The van der Waals surface area contributed by atoms with E-state index in [1.54, 1.807) is 29.7 Å². The fourth-order valence-electron chi connectivity index (χ4n) is 4.78. The number of rotatable bonds is 8. The predicted octanol–water partition coefficient (Wildman–Crippen LogP) is 7.13. The van der Waals surface area contributed by atoms with Gasteiger partial charge in [0, 0.05) is 23.8 Å². The highest BCUT2D eigenvalue weighted by atomic mass is 32.1. The molecule has 10 heteroatoms. The van der Waals surface area contributed by atoms with E-state index in [0.717, 1.165) is 47.3 Å². The van der Waals surface area contributed by atoms with Crippen LogP contribution in [0.25, 0.3) is 21.1 Å². The molecule has 0 radical (unpaired) electrons. The number of nitrogens with one attached hydrogen (secondary N) is 1. The van der Waals surface area contributed by atoms with E-state index >= 15 is 0 Å². The number of aromatic nitrogens is 2. The summed E-state index contributed by atoms with van der Waals surface area (Å²) in [6, 6.07) is 25.5. The first kappa shape index (κ1) is 32.3. The van der Waals surface area contributed by atoms with Gasteiger partial charge in [0.25, 0.3) is 0 Å². The van der Waals surface area contributed by atoms with Crippen LogP contribution in [0.15, 0.2) is 91.3 Å². The number of pyridine rings is 2. The molecule has 0 spiro atoms. The van der Waals surface area contributed by atoms with Crippen molar-refractivity contribution in [3.8, 4) is 32.6 Å². The summed E-state index contributed by atoms with van der Waals surface area (Å²) < 4.78 is 11.2. The summed E-state index contributed by atoms with van der Waals surface area (Å²) in [6.45, 7) is 5.71. The molecule has 45 heavy (non-hydrogen) atoms. The number of ether oxygens (including phenoxy) is 2. The lowest BCUT2D eigenvalue weighted by Gasteiger charge is -2.18. The van der Waals surface area contributed by atoms with Gasteiger partial charge in [-0.05, 0) is 112 Å². The number of fused-ring (bicyclic) bond motifs is 1. The number of hydrogen-bond acceptors (Lipinski definition) is 9. The molecule has 7 rings (SSSR count). The summed E-state index contributed by atoms with van der Waals surface area (Å²) in [7, 11) is 2.17. The highest BCUT2D eigenvalue weighted by Gasteiger charge is 2.12. The van der Waals surface area contributed by atoms with Crippen molar-refractivity contribution in [3.63, 3.8) is 0 Å². The smallest absolute Gasteiger partial charge is 0.345 e. The molecule has 2 aliphatic rings. The van der Waals surface area contributed by atoms with Crippen molar-refractivity contribution in [1.29, 1.82) is 0 Å². The first-order chi connectivity index (χ1) is 22.0. The largest absolute Gasteiger partial charge is 0.486 e. The average Bonchev–Trinajstić information content (AvgIpc) is 3.88. The summed E-state index contributed by atoms with van der Waals surface area (Å²) in [5.74, 6) is 0.822. The van der Waals surface area contributed by atoms with Crippen molar-refractivity contribution >= 4 is 28.6 Å². The van der Waals surface area contributed by atoms with Crippen molar-refractivity contribution in [2.24, 2.45) is 0 Å². The second-order valence-electron chi connectivity index (χ2n) is 10.6. The van der Waals surface area contributed by atoms with E-state index in [1.807, 2.05) is 48.7 Å². The highest BCUT2D eigenvalue weighted by molar-refractivity contribution is 7.17. The summed E-state index contributed by atoms with van der Waals surface area (Å²) in [5.41, 5.74) is 3.11. The first-order valence-electron chi connectivity index (χ1n) is 15.1. The van der Waals surface area contributed by atoms with Gasteiger partial charge in [-0.15, -0.1) is 22.7 Å². The summed E-state index contributed by atoms with van der Waals surface area (Å²) >= 11 is 3.02. The molecule has 2 aliphatic heterocycles. The molecular formula is C35H38N4O4S2. The van der Waals surface area contributed by atoms with Crippen molar-refractivity contribution in [1.82, 2.24) is 20.2 Å². The lowest BCUT2D eigenvalue weighted by molar-refractivity contribution is 0.0702. The summed E-state index contributed by atoms with van der Waals surface area (Å²) in [4.78, 5) is 25.3. The molecule has 0 bridgehead atoms. The zero-order valence-electron chi connectivity index (χ0n) is 25.4. The quantitative estimate of drug-likeness (QED) is 0.173. The van der Waals surface area contributed by atoms with E-state index < -0.39 is 5.97 Å². The molecule has 1 saturated heterocycles. The minimum Gasteiger partial charge on any atom is -0.486 e. The lowest BCUT2D eigenvalue weighted by Crippen LogP contribution is -2.17. The number of aromatic carboxylic acids is 1. The number of hydrogen-bond donors (Lipinski definition) is 2. The van der Waals surface area contributed by atoms with E-state index in [1.165, 1.54) is 52.6 Å². The Bertz CT molecular complexity index is 1620. The van der Waals surface area contributed by atoms with Crippen LogP contribution in [0.5, 0.6) is 11.5 Å². The first-order valence-corrected chi connectivity index (χ1v) is 16.7. The average molecular weight is 643 g/mol. The molecule has 6 heterocycles. The highest BCUT2D eigenvalue weighted by Crippen LogP contribution is 2.31. The third-order valence-electron chi connectivity index (χ3n) is 7.14. The number of carbonyl (C=O) groups is 1. The maximum atomic E-state index is 10.6. The molecule has 234 valence electrons. The normalized spacial score (nSPS) is 13.7. The van der Waals surface area contributed by atoms with E-state index in [9.17, 15) is 4.79 Å². The number of thiophene rings is 2. The lowest BCUT2D eigenvalue weighted by atomic mass is 10.1. The zero-order chi connectivity index (χ0) is 31.3. The Morgan fingerprint density at radius 2 is 1.51 bits per heavy atom. The van der Waals surface area contributed by atoms with Gasteiger partial charge in [0.05, 0.1) is 21.1 Å². The molecule has 0 saturated carbocycles. The molecule has 0 atom stereocenters. The fourth-order valence-corrected chi connectivity index (χ4v) is 6.56. The molecule has 0 aliphatic carbocycles. The number of nitrogens with zero attached hydrogens (tertiary/aromatic N) is 3. The fraction of sp³-hybridized carbons (Fsp3) is 0.286. The van der Waals surface area contributed by atoms with Crippen molar-refractivity contribution in [2.75, 3.05) is 39.9 Å². The minimum atomic E-state index is -0.891. The zero-order valence-corrected chi connectivity index (χ0v) is 27.0. The second-order valence-corrected chi connectivity index (χ2v) is 12.8. The maximum Gasteiger partial charge on any atom is 0.345 e. The SMILES string of the molecule is CN1CCCC1.O=C(O)c1ccc(-c2ccccn2)s1.c1ccc(-c2ccc(CNCCc3ccc4c(c3)OCCO4)s2)nc1. The van der Waals surface area contributed by atoms with Crippen LogP contribution in [0.2, 0.25) is 0 Å². The van der Waals surface area contributed by atoms with Crippen LogP contribution < -0.4 is 14.8 Å². The van der Waals surface area contributed by atoms with Crippen molar-refractivity contribution in [3.05, 3.63) is 107 Å². The molecule has 1 aromatic carbocycles. The maximum absolute atomic E-state index is 10.6. The second kappa shape index (κ2) is 16.8. The van der Waals surface area contributed by atoms with Gasteiger partial charge in [-0.1, -0.05) is 18.2 Å². The van der Waals surface area contributed by atoms with Gasteiger partial charge in [0.2, 0.25) is 0 Å². The van der Waals surface area contributed by atoms with Crippen LogP contribution in [0.3, 0.4) is 0 Å². The van der Waals surface area contributed by atoms with Crippen LogP contribution in [-0.2, 0) is 13.0 Å². The van der Waals surface area contributed by atoms with Crippen LogP contribution >= 0.6 is 22.7 Å². The Kier molecular flexibility index (Phi) is 12.1. The monoisotopic (exact) mass is 642 g/mol. The van der Waals surface area contributed by atoms with Crippen LogP contribution in [0.4, 0.5) is 0 Å². The molecule has 4 aromatic heterocycles. The topological polar surface area (TPSA) is 96.8 Å². The van der Waals surface area contributed by atoms with Gasteiger partial charge in [0.1, 0.15) is 18.1 Å². The standard InChI is InChI=1S/C20H20N2O2S.C10H7NO2S.C5H11N/c1-2-9-22-17(3-1)20-7-5-16(25-20)14-21-10-8-15-4-6-18-19(13-15)24-12-11-23-18;12-10(13)9-5-4-8(14-9)7-3-1-2-6-11-7;1-6-4-2-3-5-6/h1-7,9,13,21H,8,10-12,14H2;1-6H,(H,12,13);2-5H2,1H3. The van der Waals surface area contributed by atoms with Gasteiger partial charge in [-0.2, -0.15) is 0 Å². The van der Waals surface area contributed by atoms with Gasteiger partial charge in [-0.25, -0.2) is 4.79 Å². The van der Waals surface area contributed by atoms with Crippen LogP contribution in [0, 0.1) is 0 Å². The number of carboxylic acid groups (broad SMARTS) is 1. The van der Waals surface area contributed by atoms with Gasteiger partial charge >= 0.3 is 5.97 Å². The predicted molar refractivity (Wildman–Crippen MR) is 182 cm³/mol. The van der Waals surface area contributed by atoms with E-state index in [4.69, 9.17) is 14.6 Å². The number of likely N-dealkylation sites (tertiary alicyclic amines) is 1. The number of carboxylic acids is 1. The van der Waals surface area contributed by atoms with Crippen LogP contribution in [-0.4, -0.2) is 65.8 Å². The Balaban J connectivity index is 0.000000166. The van der Waals surface area contributed by atoms with Gasteiger partial charge < -0.3 is 24.8 Å². The third-order valence-corrected chi connectivity index (χ3v) is 9.34. The Morgan fingerprint density at radius 3 is 2.11 bits per heavy atom. The molecule has 2 N–H and O–H groups in total. The molecule has 5 aromatic rings. The summed E-state index contributed by atoms with van der Waals surface area (Å²) in [6.07, 6.45) is 7.32. The minimum absolute atomic E-state index is 0.339. The van der Waals surface area contributed by atoms with Crippen molar-refractivity contribution < 1.29 is 19.4 Å². The van der Waals surface area contributed by atoms with Gasteiger partial charge in [-0.3, -0.25) is 9.97 Å². The van der Waals surface area contributed by atoms with E-state index in [2.05, 4.69) is 51.5 Å². The molecule has 1 fully saturated rings. The Hall–Kier alpha value is -4.09. The molecule has 0 unspecified atom stereocenters. The van der Waals surface area contributed by atoms with E-state index in [0.29, 0.717) is 18.1 Å². The van der Waals surface area contributed by atoms with Crippen LogP contribution in [0.1, 0.15) is 33.0 Å². The van der Waals surface area contributed by atoms with E-state index in [-0.39, 0.29) is 0 Å². The molecular weight excluding hydrogens is 605 g/mol.